The molecule has 1 heterocycles. The van der Waals surface area contributed by atoms with Crippen molar-refractivity contribution in [2.75, 3.05) is 25.0 Å². The van der Waals surface area contributed by atoms with Gasteiger partial charge < -0.3 is 10.6 Å². The highest BCUT2D eigenvalue weighted by Crippen LogP contribution is 2.22. The number of anilines is 1. The lowest BCUT2D eigenvalue weighted by Crippen LogP contribution is -2.22. The summed E-state index contributed by atoms with van der Waals surface area (Å²) in [4.78, 5) is 6.08. The highest BCUT2D eigenvalue weighted by Gasteiger charge is 2.11. The van der Waals surface area contributed by atoms with Gasteiger partial charge in [-0.25, -0.2) is 4.39 Å². The Balaban J connectivity index is 2.09. The Labute approximate surface area is 119 Å². The molecule has 0 saturated heterocycles. The monoisotopic (exact) mass is 273 g/mol. The van der Waals surface area contributed by atoms with Crippen molar-refractivity contribution in [1.82, 2.24) is 4.98 Å². The standard InChI is InChI=1S/C16H20FN3/c1-20(12-8-13-6-10-19-11-7-13)16-4-2-3-15(17)14(16)5-9-18/h2-4,6-7,10-11H,5,8-9,12,18H2,1H3. The van der Waals surface area contributed by atoms with Crippen molar-refractivity contribution in [3.05, 3.63) is 59.7 Å². The number of halogens is 1. The SMILES string of the molecule is CN(CCc1ccncc1)c1cccc(F)c1CCN. The quantitative estimate of drug-likeness (QED) is 0.879. The Kier molecular flexibility index (Phi) is 5.07. The second kappa shape index (κ2) is 7.01. The summed E-state index contributed by atoms with van der Waals surface area (Å²) in [5.74, 6) is -0.177. The van der Waals surface area contributed by atoms with E-state index < -0.39 is 0 Å². The topological polar surface area (TPSA) is 42.2 Å². The molecule has 0 bridgehead atoms. The third-order valence-corrected chi connectivity index (χ3v) is 3.38. The summed E-state index contributed by atoms with van der Waals surface area (Å²) in [5, 5.41) is 0. The molecule has 2 N–H and O–H groups in total. The molecular weight excluding hydrogens is 253 g/mol. The maximum atomic E-state index is 13.9. The molecule has 2 aromatic rings. The largest absolute Gasteiger partial charge is 0.374 e. The van der Waals surface area contributed by atoms with Crippen LogP contribution in [0.2, 0.25) is 0 Å². The first-order valence-electron chi connectivity index (χ1n) is 6.80. The number of aromatic nitrogens is 1. The van der Waals surface area contributed by atoms with Gasteiger partial charge in [-0.3, -0.25) is 4.98 Å². The first-order valence-corrected chi connectivity index (χ1v) is 6.80. The Hall–Kier alpha value is -1.94. The molecule has 0 saturated carbocycles. The van der Waals surface area contributed by atoms with Crippen LogP contribution in [0.5, 0.6) is 0 Å². The zero-order chi connectivity index (χ0) is 14.4. The van der Waals surface area contributed by atoms with Crippen LogP contribution in [-0.4, -0.2) is 25.1 Å². The molecule has 4 heteroatoms. The van der Waals surface area contributed by atoms with E-state index in [1.807, 2.05) is 25.2 Å². The molecule has 3 nitrogen and oxygen atoms in total. The van der Waals surface area contributed by atoms with Crippen molar-refractivity contribution >= 4 is 5.69 Å². The summed E-state index contributed by atoms with van der Waals surface area (Å²) in [5.41, 5.74) is 8.42. The van der Waals surface area contributed by atoms with Crippen molar-refractivity contribution in [3.8, 4) is 0 Å². The lowest BCUT2D eigenvalue weighted by atomic mass is 10.1. The molecule has 0 aliphatic heterocycles. The zero-order valence-electron chi connectivity index (χ0n) is 11.7. The fraction of sp³-hybridized carbons (Fsp3) is 0.312. The Morgan fingerprint density at radius 1 is 1.15 bits per heavy atom. The van der Waals surface area contributed by atoms with Gasteiger partial charge in [0.05, 0.1) is 0 Å². The second-order valence-corrected chi connectivity index (χ2v) is 4.80. The number of hydrogen-bond donors (Lipinski definition) is 1. The van der Waals surface area contributed by atoms with E-state index in [9.17, 15) is 4.39 Å². The molecule has 106 valence electrons. The van der Waals surface area contributed by atoms with Gasteiger partial charge in [0, 0.05) is 37.2 Å². The van der Waals surface area contributed by atoms with Crippen molar-refractivity contribution in [1.29, 1.82) is 0 Å². The molecule has 0 radical (unpaired) electrons. The fourth-order valence-corrected chi connectivity index (χ4v) is 2.26. The van der Waals surface area contributed by atoms with Crippen molar-refractivity contribution in [3.63, 3.8) is 0 Å². The number of likely N-dealkylation sites (N-methyl/N-ethyl adjacent to an activating group) is 1. The smallest absolute Gasteiger partial charge is 0.128 e. The van der Waals surface area contributed by atoms with Gasteiger partial charge in [-0.15, -0.1) is 0 Å². The predicted molar refractivity (Wildman–Crippen MR) is 80.4 cm³/mol. The number of rotatable bonds is 6. The van der Waals surface area contributed by atoms with Gasteiger partial charge in [0.2, 0.25) is 0 Å². The van der Waals surface area contributed by atoms with E-state index >= 15 is 0 Å². The zero-order valence-corrected chi connectivity index (χ0v) is 11.7. The summed E-state index contributed by atoms with van der Waals surface area (Å²) < 4.78 is 13.9. The average molecular weight is 273 g/mol. The summed E-state index contributed by atoms with van der Waals surface area (Å²) in [6.45, 7) is 1.27. The van der Waals surface area contributed by atoms with E-state index in [1.54, 1.807) is 18.5 Å². The highest BCUT2D eigenvalue weighted by molar-refractivity contribution is 5.54. The molecular formula is C16H20FN3. The van der Waals surface area contributed by atoms with Gasteiger partial charge in [-0.2, -0.15) is 0 Å². The maximum absolute atomic E-state index is 13.9. The molecule has 0 aliphatic carbocycles. The summed E-state index contributed by atoms with van der Waals surface area (Å²) in [6.07, 6.45) is 5.04. The molecule has 0 spiro atoms. The Morgan fingerprint density at radius 2 is 1.90 bits per heavy atom. The summed E-state index contributed by atoms with van der Waals surface area (Å²) in [6, 6.07) is 9.18. The van der Waals surface area contributed by atoms with Gasteiger partial charge in [0.25, 0.3) is 0 Å². The van der Waals surface area contributed by atoms with Crippen LogP contribution in [0, 0.1) is 5.82 Å². The van der Waals surface area contributed by atoms with Crippen LogP contribution >= 0.6 is 0 Å². The minimum atomic E-state index is -0.177. The van der Waals surface area contributed by atoms with Crippen LogP contribution in [0.25, 0.3) is 0 Å². The van der Waals surface area contributed by atoms with Crippen LogP contribution < -0.4 is 10.6 Å². The van der Waals surface area contributed by atoms with Gasteiger partial charge in [-0.05, 0) is 49.2 Å². The minimum Gasteiger partial charge on any atom is -0.374 e. The minimum absolute atomic E-state index is 0.177. The van der Waals surface area contributed by atoms with E-state index in [0.717, 1.165) is 18.7 Å². The molecule has 0 aliphatic rings. The lowest BCUT2D eigenvalue weighted by molar-refractivity contribution is 0.608. The van der Waals surface area contributed by atoms with Crippen LogP contribution in [0.1, 0.15) is 11.1 Å². The third-order valence-electron chi connectivity index (χ3n) is 3.38. The summed E-state index contributed by atoms with van der Waals surface area (Å²) >= 11 is 0. The normalized spacial score (nSPS) is 10.6. The predicted octanol–water partition coefficient (Wildman–Crippen LogP) is 2.40. The first kappa shape index (κ1) is 14.5. The summed E-state index contributed by atoms with van der Waals surface area (Å²) in [7, 11) is 1.98. The van der Waals surface area contributed by atoms with E-state index in [4.69, 9.17) is 5.73 Å². The molecule has 0 unspecified atom stereocenters. The third kappa shape index (κ3) is 3.54. The molecule has 20 heavy (non-hydrogen) atoms. The Bertz CT molecular complexity index is 543. The first-order chi connectivity index (χ1) is 9.72. The second-order valence-electron chi connectivity index (χ2n) is 4.80. The van der Waals surface area contributed by atoms with Crippen LogP contribution in [-0.2, 0) is 12.8 Å². The van der Waals surface area contributed by atoms with E-state index in [0.29, 0.717) is 18.5 Å². The number of nitrogens with zero attached hydrogens (tertiary/aromatic N) is 2. The van der Waals surface area contributed by atoms with Crippen LogP contribution in [0.4, 0.5) is 10.1 Å². The van der Waals surface area contributed by atoms with Gasteiger partial charge >= 0.3 is 0 Å². The molecule has 0 fully saturated rings. The van der Waals surface area contributed by atoms with Gasteiger partial charge in [0.15, 0.2) is 0 Å². The van der Waals surface area contributed by atoms with Crippen molar-refractivity contribution in [2.24, 2.45) is 5.73 Å². The number of nitrogens with two attached hydrogens (primary N) is 1. The van der Waals surface area contributed by atoms with Crippen molar-refractivity contribution < 1.29 is 4.39 Å². The number of hydrogen-bond acceptors (Lipinski definition) is 3. The fourth-order valence-electron chi connectivity index (χ4n) is 2.26. The van der Waals surface area contributed by atoms with Gasteiger partial charge in [0.1, 0.15) is 5.82 Å². The molecule has 0 amide bonds. The van der Waals surface area contributed by atoms with Crippen molar-refractivity contribution in [2.45, 2.75) is 12.8 Å². The number of benzene rings is 1. The Morgan fingerprint density at radius 3 is 2.60 bits per heavy atom. The van der Waals surface area contributed by atoms with Crippen LogP contribution in [0.3, 0.4) is 0 Å². The van der Waals surface area contributed by atoms with E-state index in [-0.39, 0.29) is 5.82 Å². The highest BCUT2D eigenvalue weighted by atomic mass is 19.1. The molecule has 1 aromatic carbocycles. The average Bonchev–Trinajstić information content (AvgIpc) is 2.48. The lowest BCUT2D eigenvalue weighted by Gasteiger charge is -2.23. The number of pyridine rings is 1. The van der Waals surface area contributed by atoms with Gasteiger partial charge in [-0.1, -0.05) is 6.07 Å². The molecule has 0 atom stereocenters. The molecule has 1 aromatic heterocycles. The molecule has 2 rings (SSSR count). The van der Waals surface area contributed by atoms with E-state index in [2.05, 4.69) is 9.88 Å². The van der Waals surface area contributed by atoms with Crippen LogP contribution in [0.15, 0.2) is 42.7 Å². The van der Waals surface area contributed by atoms with E-state index in [1.165, 1.54) is 11.6 Å². The maximum Gasteiger partial charge on any atom is 0.128 e.